The first-order chi connectivity index (χ1) is 22.8. The van der Waals surface area contributed by atoms with Crippen molar-refractivity contribution in [3.63, 3.8) is 0 Å². The highest BCUT2D eigenvalue weighted by molar-refractivity contribution is 5.50. The summed E-state index contributed by atoms with van der Waals surface area (Å²) in [6, 6.07) is 11.0. The third-order valence-corrected chi connectivity index (χ3v) is 8.35. The standard InChI is InChI=1S/C40H60O6/c41-39-35-27-25-29-37(39)45-33-23-19-15-11-7-3-4-8-12-16-20-24-34-46-38-30-26-28-36(40(38)42)44-32-22-18-14-10-6-2-1-5-9-13-17-21-31-43-35/h1-4,25-30,41-42H,5-24,31-34H2/b2-1+,4-3+. The Bertz CT molecular complexity index is 947. The van der Waals surface area contributed by atoms with Gasteiger partial charge in [0.1, 0.15) is 0 Å². The Labute approximate surface area is 278 Å². The van der Waals surface area contributed by atoms with Crippen molar-refractivity contribution in [2.75, 3.05) is 26.4 Å². The molecule has 0 atom stereocenters. The third kappa shape index (κ3) is 16.3. The molecule has 0 amide bonds. The van der Waals surface area contributed by atoms with Gasteiger partial charge in [-0.2, -0.15) is 0 Å². The van der Waals surface area contributed by atoms with Crippen LogP contribution in [-0.4, -0.2) is 36.6 Å². The summed E-state index contributed by atoms with van der Waals surface area (Å²) in [4.78, 5) is 0. The van der Waals surface area contributed by atoms with Gasteiger partial charge in [0.15, 0.2) is 23.0 Å². The first-order valence-electron chi connectivity index (χ1n) is 18.2. The van der Waals surface area contributed by atoms with Crippen LogP contribution in [-0.2, 0) is 0 Å². The average molecular weight is 637 g/mol. The van der Waals surface area contributed by atoms with Crippen molar-refractivity contribution in [1.82, 2.24) is 0 Å². The van der Waals surface area contributed by atoms with Gasteiger partial charge in [-0.15, -0.1) is 0 Å². The zero-order valence-corrected chi connectivity index (χ0v) is 28.3. The van der Waals surface area contributed by atoms with Crippen LogP contribution in [0.4, 0.5) is 0 Å². The second-order valence-corrected chi connectivity index (χ2v) is 12.4. The average Bonchev–Trinajstić information content (AvgIpc) is 3.06. The normalized spacial score (nSPS) is 20.2. The van der Waals surface area contributed by atoms with Crippen LogP contribution in [0.5, 0.6) is 34.5 Å². The van der Waals surface area contributed by atoms with Gasteiger partial charge in [0.2, 0.25) is 11.5 Å². The predicted octanol–water partition coefficient (Wildman–Crippen LogP) is 11.2. The molecule has 256 valence electrons. The van der Waals surface area contributed by atoms with Crippen LogP contribution in [0.1, 0.15) is 128 Å². The maximum absolute atomic E-state index is 10.6. The first-order valence-corrected chi connectivity index (χ1v) is 18.2. The molecule has 2 N–H and O–H groups in total. The van der Waals surface area contributed by atoms with Crippen LogP contribution in [0.3, 0.4) is 0 Å². The van der Waals surface area contributed by atoms with E-state index < -0.39 is 0 Å². The summed E-state index contributed by atoms with van der Waals surface area (Å²) >= 11 is 0. The van der Waals surface area contributed by atoms with Crippen molar-refractivity contribution in [1.29, 1.82) is 0 Å². The SMILES string of the molecule is Oc1c2cccc1OCCCCCC/C=C/CCCCCCOc1cccc(c1O)OCCCCCC/C=C/CCCCCCO2. The van der Waals surface area contributed by atoms with Crippen LogP contribution >= 0.6 is 0 Å². The van der Waals surface area contributed by atoms with Crippen molar-refractivity contribution in [3.05, 3.63) is 60.7 Å². The lowest BCUT2D eigenvalue weighted by Crippen LogP contribution is -2.00. The molecule has 1 aliphatic heterocycles. The highest BCUT2D eigenvalue weighted by Crippen LogP contribution is 2.37. The van der Waals surface area contributed by atoms with E-state index in [1.807, 2.05) is 36.4 Å². The van der Waals surface area contributed by atoms with E-state index in [1.54, 1.807) is 0 Å². The quantitative estimate of drug-likeness (QED) is 0.280. The van der Waals surface area contributed by atoms with Gasteiger partial charge in [-0.05, 0) is 101 Å². The van der Waals surface area contributed by atoms with E-state index in [0.717, 1.165) is 77.0 Å². The molecule has 0 aliphatic carbocycles. The fraction of sp³-hybridized carbons (Fsp3) is 0.600. The largest absolute Gasteiger partial charge is 0.502 e. The summed E-state index contributed by atoms with van der Waals surface area (Å²) in [5.41, 5.74) is 0. The van der Waals surface area contributed by atoms with Crippen LogP contribution in [0.15, 0.2) is 60.7 Å². The Morgan fingerprint density at radius 3 is 0.826 bits per heavy atom. The topological polar surface area (TPSA) is 77.4 Å². The molecule has 46 heavy (non-hydrogen) atoms. The van der Waals surface area contributed by atoms with Crippen molar-refractivity contribution in [3.8, 4) is 34.5 Å². The Morgan fingerprint density at radius 2 is 0.565 bits per heavy atom. The molecule has 0 saturated heterocycles. The Balaban J connectivity index is 1.37. The molecular weight excluding hydrogens is 576 g/mol. The van der Waals surface area contributed by atoms with Gasteiger partial charge in [0.25, 0.3) is 0 Å². The molecule has 6 heteroatoms. The third-order valence-electron chi connectivity index (χ3n) is 8.35. The number of phenolic OH excluding ortho intramolecular Hbond substituents is 2. The van der Waals surface area contributed by atoms with Crippen molar-refractivity contribution in [2.45, 2.75) is 128 Å². The van der Waals surface area contributed by atoms with E-state index in [0.29, 0.717) is 49.4 Å². The summed E-state index contributed by atoms with van der Waals surface area (Å²) in [5, 5.41) is 21.2. The van der Waals surface area contributed by atoms with Gasteiger partial charge in [-0.3, -0.25) is 0 Å². The number of benzene rings is 2. The van der Waals surface area contributed by atoms with Crippen LogP contribution in [0.25, 0.3) is 0 Å². The minimum atomic E-state index is 0.115. The number of aromatic hydroxyl groups is 2. The van der Waals surface area contributed by atoms with E-state index in [-0.39, 0.29) is 11.5 Å². The fourth-order valence-electron chi connectivity index (χ4n) is 5.54. The molecule has 2 aromatic carbocycles. The number of allylic oxidation sites excluding steroid dienone is 4. The maximum atomic E-state index is 10.6. The number of hydrogen-bond acceptors (Lipinski definition) is 6. The summed E-state index contributed by atoms with van der Waals surface area (Å²) in [7, 11) is 0. The Morgan fingerprint density at radius 1 is 0.326 bits per heavy atom. The van der Waals surface area contributed by atoms with Crippen LogP contribution < -0.4 is 18.9 Å². The van der Waals surface area contributed by atoms with Gasteiger partial charge in [0, 0.05) is 0 Å². The van der Waals surface area contributed by atoms with Crippen molar-refractivity contribution in [2.24, 2.45) is 0 Å². The lowest BCUT2D eigenvalue weighted by atomic mass is 10.1. The lowest BCUT2D eigenvalue weighted by Gasteiger charge is -2.12. The predicted molar refractivity (Wildman–Crippen MR) is 189 cm³/mol. The first kappa shape index (κ1) is 37.2. The Kier molecular flexibility index (Phi) is 20.1. The minimum absolute atomic E-state index is 0.115. The summed E-state index contributed by atoms with van der Waals surface area (Å²) < 4.78 is 23.5. The van der Waals surface area contributed by atoms with Gasteiger partial charge in [-0.1, -0.05) is 87.8 Å². The summed E-state index contributed by atoms with van der Waals surface area (Å²) in [6.45, 7) is 2.42. The minimum Gasteiger partial charge on any atom is -0.502 e. The molecule has 0 saturated carbocycles. The molecular formula is C40H60O6. The van der Waals surface area contributed by atoms with Crippen LogP contribution in [0, 0.1) is 0 Å². The molecule has 0 spiro atoms. The summed E-state index contributed by atoms with van der Waals surface area (Å²) in [5.74, 6) is 2.27. The van der Waals surface area contributed by atoms with E-state index in [9.17, 15) is 10.2 Å². The molecule has 0 unspecified atom stereocenters. The smallest absolute Gasteiger partial charge is 0.200 e. The van der Waals surface area contributed by atoms with Gasteiger partial charge < -0.3 is 29.2 Å². The van der Waals surface area contributed by atoms with E-state index >= 15 is 0 Å². The number of ether oxygens (including phenoxy) is 4. The second-order valence-electron chi connectivity index (χ2n) is 12.4. The second kappa shape index (κ2) is 24.9. The number of rotatable bonds is 0. The molecule has 0 radical (unpaired) electrons. The summed E-state index contributed by atoms with van der Waals surface area (Å²) in [6.07, 6.45) is 31.7. The maximum Gasteiger partial charge on any atom is 0.200 e. The Hall–Kier alpha value is -3.28. The molecule has 0 fully saturated rings. The molecule has 3 rings (SSSR count). The molecule has 1 aliphatic rings. The number of phenols is 2. The monoisotopic (exact) mass is 636 g/mol. The zero-order valence-electron chi connectivity index (χ0n) is 28.3. The van der Waals surface area contributed by atoms with Crippen LogP contribution in [0.2, 0.25) is 0 Å². The fourth-order valence-corrected chi connectivity index (χ4v) is 5.54. The number of fused-ring (bicyclic) bond motifs is 4. The molecule has 2 aromatic rings. The number of hydrogen-bond donors (Lipinski definition) is 2. The lowest BCUT2D eigenvalue weighted by molar-refractivity contribution is 0.264. The molecule has 0 aromatic heterocycles. The van der Waals surface area contributed by atoms with E-state index in [4.69, 9.17) is 18.9 Å². The molecule has 1 heterocycles. The zero-order chi connectivity index (χ0) is 32.3. The highest BCUT2D eigenvalue weighted by atomic mass is 16.5. The molecule has 4 bridgehead atoms. The van der Waals surface area contributed by atoms with Gasteiger partial charge in [-0.25, -0.2) is 0 Å². The van der Waals surface area contributed by atoms with Gasteiger partial charge in [0.05, 0.1) is 26.4 Å². The van der Waals surface area contributed by atoms with Crippen molar-refractivity contribution >= 4 is 0 Å². The van der Waals surface area contributed by atoms with E-state index in [2.05, 4.69) is 24.3 Å². The van der Waals surface area contributed by atoms with Crippen molar-refractivity contribution < 1.29 is 29.2 Å². The van der Waals surface area contributed by atoms with E-state index in [1.165, 1.54) is 51.4 Å². The highest BCUT2D eigenvalue weighted by Gasteiger charge is 2.10. The number of para-hydroxylation sites is 2. The van der Waals surface area contributed by atoms with Gasteiger partial charge >= 0.3 is 0 Å². The molecule has 6 nitrogen and oxygen atoms in total.